The Kier molecular flexibility index (Phi) is 13.6. The molecule has 82 valence electrons. The molecule has 0 heterocycles. The lowest BCUT2D eigenvalue weighted by atomic mass is 10.1. The second-order valence-electron chi connectivity index (χ2n) is 2.96. The zero-order valence-electron chi connectivity index (χ0n) is 10.3. The Morgan fingerprint density at radius 2 is 1.71 bits per heavy atom. The second-order valence-corrected chi connectivity index (χ2v) is 2.96. The van der Waals surface area contributed by atoms with Gasteiger partial charge < -0.3 is 5.73 Å². The molecule has 0 saturated carbocycles. The standard InChI is InChI=1S/C11H19N.C2H6/c1-4-5-10(2)6-7-11(3)8-9-12;1-2/h4-7H,8-9,12H2,1-3H3;1-2H3/b5-4+,10-6+,11-7+;. The summed E-state index contributed by atoms with van der Waals surface area (Å²) in [6, 6.07) is 0. The fourth-order valence-electron chi connectivity index (χ4n) is 0.903. The van der Waals surface area contributed by atoms with E-state index in [1.807, 2.05) is 26.8 Å². The van der Waals surface area contributed by atoms with Crippen molar-refractivity contribution in [1.82, 2.24) is 0 Å². The molecule has 0 amide bonds. The Bertz CT molecular complexity index is 197. The number of hydrogen-bond donors (Lipinski definition) is 1. The average molecular weight is 195 g/mol. The van der Waals surface area contributed by atoms with Crippen LogP contribution in [0.15, 0.2) is 35.5 Å². The molecule has 0 aliphatic rings. The van der Waals surface area contributed by atoms with E-state index >= 15 is 0 Å². The van der Waals surface area contributed by atoms with Crippen LogP contribution in [0.1, 0.15) is 41.0 Å². The normalized spacial score (nSPS) is 12.7. The molecule has 0 spiro atoms. The molecule has 0 bridgehead atoms. The second kappa shape index (κ2) is 12.2. The van der Waals surface area contributed by atoms with Gasteiger partial charge in [-0.25, -0.2) is 0 Å². The molecule has 0 unspecified atom stereocenters. The molecule has 0 aliphatic carbocycles. The molecular formula is C13H25N. The van der Waals surface area contributed by atoms with Crippen LogP contribution in [-0.4, -0.2) is 6.54 Å². The summed E-state index contributed by atoms with van der Waals surface area (Å²) in [5.41, 5.74) is 8.03. The van der Waals surface area contributed by atoms with Gasteiger partial charge in [0.15, 0.2) is 0 Å². The van der Waals surface area contributed by atoms with E-state index in [9.17, 15) is 0 Å². The Balaban J connectivity index is 0. The van der Waals surface area contributed by atoms with Gasteiger partial charge in [0.25, 0.3) is 0 Å². The van der Waals surface area contributed by atoms with Gasteiger partial charge in [-0.3, -0.25) is 0 Å². The summed E-state index contributed by atoms with van der Waals surface area (Å²) in [6.07, 6.45) is 9.36. The first-order valence-electron chi connectivity index (χ1n) is 5.37. The van der Waals surface area contributed by atoms with E-state index in [2.05, 4.69) is 32.1 Å². The van der Waals surface area contributed by atoms with Gasteiger partial charge >= 0.3 is 0 Å². The van der Waals surface area contributed by atoms with Crippen LogP contribution >= 0.6 is 0 Å². The third-order valence-electron chi connectivity index (χ3n) is 1.60. The smallest absolute Gasteiger partial charge is 0.00399 e. The first-order valence-corrected chi connectivity index (χ1v) is 5.37. The maximum Gasteiger partial charge on any atom is -0.00399 e. The van der Waals surface area contributed by atoms with Gasteiger partial charge in [-0.2, -0.15) is 0 Å². The molecule has 0 radical (unpaired) electrons. The van der Waals surface area contributed by atoms with E-state index in [0.717, 1.165) is 13.0 Å². The van der Waals surface area contributed by atoms with Crippen LogP contribution in [-0.2, 0) is 0 Å². The highest BCUT2D eigenvalue weighted by Crippen LogP contribution is 2.01. The van der Waals surface area contributed by atoms with Crippen molar-refractivity contribution in [3.63, 3.8) is 0 Å². The van der Waals surface area contributed by atoms with Crippen molar-refractivity contribution in [3.05, 3.63) is 35.5 Å². The van der Waals surface area contributed by atoms with Crippen molar-refractivity contribution in [1.29, 1.82) is 0 Å². The number of nitrogens with two attached hydrogens (primary N) is 1. The monoisotopic (exact) mass is 195 g/mol. The first kappa shape index (κ1) is 15.6. The van der Waals surface area contributed by atoms with Gasteiger partial charge in [0.05, 0.1) is 0 Å². The van der Waals surface area contributed by atoms with E-state index in [0.29, 0.717) is 0 Å². The Labute approximate surface area is 89.4 Å². The van der Waals surface area contributed by atoms with Gasteiger partial charge in [-0.15, -0.1) is 0 Å². The SMILES string of the molecule is C/C=C/C(C)=C/C=C(\C)CCN.CC. The molecule has 0 saturated heterocycles. The molecular weight excluding hydrogens is 170 g/mol. The van der Waals surface area contributed by atoms with Crippen LogP contribution in [0.5, 0.6) is 0 Å². The summed E-state index contributed by atoms with van der Waals surface area (Å²) in [6.45, 7) is 10.9. The van der Waals surface area contributed by atoms with Crippen molar-refractivity contribution in [2.75, 3.05) is 6.54 Å². The van der Waals surface area contributed by atoms with E-state index < -0.39 is 0 Å². The predicted molar refractivity (Wildman–Crippen MR) is 67.3 cm³/mol. The van der Waals surface area contributed by atoms with Crippen molar-refractivity contribution < 1.29 is 0 Å². The highest BCUT2D eigenvalue weighted by Gasteiger charge is 1.84. The highest BCUT2D eigenvalue weighted by atomic mass is 14.5. The molecule has 0 rings (SSSR count). The van der Waals surface area contributed by atoms with Crippen LogP contribution < -0.4 is 5.73 Å². The quantitative estimate of drug-likeness (QED) is 0.678. The van der Waals surface area contributed by atoms with Crippen molar-refractivity contribution in [2.24, 2.45) is 5.73 Å². The molecule has 0 aromatic carbocycles. The molecule has 1 heteroatoms. The Hall–Kier alpha value is -0.820. The molecule has 0 aliphatic heterocycles. The van der Waals surface area contributed by atoms with Crippen LogP contribution in [0.4, 0.5) is 0 Å². The average Bonchev–Trinajstić information content (AvgIpc) is 2.19. The minimum atomic E-state index is 0.735. The zero-order chi connectivity index (χ0) is 11.4. The third kappa shape index (κ3) is 11.2. The van der Waals surface area contributed by atoms with Crippen LogP contribution in [0.2, 0.25) is 0 Å². The summed E-state index contributed by atoms with van der Waals surface area (Å²) in [4.78, 5) is 0. The van der Waals surface area contributed by atoms with Gasteiger partial charge in [-0.05, 0) is 33.7 Å². The molecule has 0 fully saturated rings. The maximum atomic E-state index is 5.42. The largest absolute Gasteiger partial charge is 0.330 e. The van der Waals surface area contributed by atoms with E-state index in [1.165, 1.54) is 11.1 Å². The summed E-state index contributed by atoms with van der Waals surface area (Å²) >= 11 is 0. The Morgan fingerprint density at radius 1 is 1.14 bits per heavy atom. The number of allylic oxidation sites excluding steroid dienone is 5. The molecule has 2 N–H and O–H groups in total. The minimum Gasteiger partial charge on any atom is -0.330 e. The number of rotatable bonds is 4. The molecule has 14 heavy (non-hydrogen) atoms. The van der Waals surface area contributed by atoms with E-state index in [1.54, 1.807) is 0 Å². The maximum absolute atomic E-state index is 5.42. The molecule has 0 aromatic rings. The lowest BCUT2D eigenvalue weighted by Gasteiger charge is -1.94. The summed E-state index contributed by atoms with van der Waals surface area (Å²) < 4.78 is 0. The minimum absolute atomic E-state index is 0.735. The summed E-state index contributed by atoms with van der Waals surface area (Å²) in [7, 11) is 0. The number of hydrogen-bond acceptors (Lipinski definition) is 1. The van der Waals surface area contributed by atoms with Crippen molar-refractivity contribution in [3.8, 4) is 0 Å². The van der Waals surface area contributed by atoms with Gasteiger partial charge in [0.1, 0.15) is 0 Å². The Morgan fingerprint density at radius 3 is 2.14 bits per heavy atom. The van der Waals surface area contributed by atoms with Crippen LogP contribution in [0.25, 0.3) is 0 Å². The lowest BCUT2D eigenvalue weighted by molar-refractivity contribution is 0.950. The summed E-state index contributed by atoms with van der Waals surface area (Å²) in [5.74, 6) is 0. The van der Waals surface area contributed by atoms with Gasteiger partial charge in [0, 0.05) is 0 Å². The van der Waals surface area contributed by atoms with Crippen LogP contribution in [0.3, 0.4) is 0 Å². The zero-order valence-corrected chi connectivity index (χ0v) is 10.3. The fourth-order valence-corrected chi connectivity index (χ4v) is 0.903. The third-order valence-corrected chi connectivity index (χ3v) is 1.60. The van der Waals surface area contributed by atoms with Gasteiger partial charge in [0.2, 0.25) is 0 Å². The van der Waals surface area contributed by atoms with Crippen molar-refractivity contribution in [2.45, 2.75) is 41.0 Å². The fraction of sp³-hybridized carbons (Fsp3) is 0.538. The topological polar surface area (TPSA) is 26.0 Å². The highest BCUT2D eigenvalue weighted by molar-refractivity contribution is 5.23. The molecule has 0 aromatic heterocycles. The van der Waals surface area contributed by atoms with E-state index in [4.69, 9.17) is 5.73 Å². The van der Waals surface area contributed by atoms with Crippen LogP contribution in [0, 0.1) is 0 Å². The lowest BCUT2D eigenvalue weighted by Crippen LogP contribution is -1.98. The van der Waals surface area contributed by atoms with E-state index in [-0.39, 0.29) is 0 Å². The summed E-state index contributed by atoms with van der Waals surface area (Å²) in [5, 5.41) is 0. The van der Waals surface area contributed by atoms with Crippen molar-refractivity contribution >= 4 is 0 Å². The molecule has 0 atom stereocenters. The van der Waals surface area contributed by atoms with Gasteiger partial charge in [-0.1, -0.05) is 49.3 Å². The predicted octanol–water partition coefficient (Wildman–Crippen LogP) is 3.83. The molecule has 1 nitrogen and oxygen atoms in total. The first-order chi connectivity index (χ1) is 6.70.